The van der Waals surface area contributed by atoms with Crippen LogP contribution in [0.5, 0.6) is 0 Å². The maximum Gasteiger partial charge on any atom is 0.222 e. The number of nitrogens with zero attached hydrogens (tertiary/aromatic N) is 2. The third-order valence-corrected chi connectivity index (χ3v) is 14.6. The number of aliphatic hydroxyl groups excluding tert-OH is 2. The van der Waals surface area contributed by atoms with Gasteiger partial charge in [-0.1, -0.05) is 57.7 Å². The Hall–Kier alpha value is -1.69. The fourth-order valence-corrected chi connectivity index (χ4v) is 11.9. The minimum atomic E-state index is -0.0643. The summed E-state index contributed by atoms with van der Waals surface area (Å²) < 4.78 is 0.856. The highest BCUT2D eigenvalue weighted by molar-refractivity contribution is 5.76. The van der Waals surface area contributed by atoms with Gasteiger partial charge in [0.25, 0.3) is 0 Å². The molecule has 5 heteroatoms. The highest BCUT2D eigenvalue weighted by Gasteiger charge is 2.60. The summed E-state index contributed by atoms with van der Waals surface area (Å²) in [6.07, 6.45) is 14.9. The van der Waals surface area contributed by atoms with Crippen LogP contribution in [0.2, 0.25) is 0 Å². The Morgan fingerprint density at radius 3 is 2.43 bits per heavy atom. The van der Waals surface area contributed by atoms with Crippen LogP contribution in [-0.2, 0) is 11.3 Å². The average molecular weight is 606 g/mol. The van der Waals surface area contributed by atoms with Crippen molar-refractivity contribution in [2.24, 2.45) is 46.3 Å². The van der Waals surface area contributed by atoms with Gasteiger partial charge in [-0.2, -0.15) is 0 Å². The zero-order chi connectivity index (χ0) is 31.1. The summed E-state index contributed by atoms with van der Waals surface area (Å²) in [6.45, 7) is 16.8. The van der Waals surface area contributed by atoms with Gasteiger partial charge in [-0.15, -0.1) is 0 Å². The Morgan fingerprint density at radius 1 is 1.02 bits per heavy atom. The Balaban J connectivity index is 1.02. The van der Waals surface area contributed by atoms with Crippen molar-refractivity contribution in [2.75, 3.05) is 39.3 Å². The first kappa shape index (κ1) is 32.3. The molecule has 6 rings (SSSR count). The molecule has 0 spiro atoms. The second-order valence-corrected chi connectivity index (χ2v) is 16.6. The maximum absolute atomic E-state index is 13.5. The first-order valence-corrected chi connectivity index (χ1v) is 18.2. The first-order valence-electron chi connectivity index (χ1n) is 18.2. The SMILES string of the molecule is C=Cc1ccc(C[N+]2(CCO)CCN(C(=O)CCC(C)[C@H]3CCC4C5CCC6C[C@H](O)CC[C@]6(C)C5CC[C@@]43C)CC2)cc1. The second kappa shape index (κ2) is 12.8. The fourth-order valence-electron chi connectivity index (χ4n) is 11.9. The predicted molar refractivity (Wildman–Crippen MR) is 178 cm³/mol. The van der Waals surface area contributed by atoms with Crippen molar-refractivity contribution in [3.63, 3.8) is 0 Å². The van der Waals surface area contributed by atoms with Crippen LogP contribution in [0.3, 0.4) is 0 Å². The molecule has 0 bridgehead atoms. The number of benzene rings is 1. The number of rotatable bonds is 9. The molecule has 9 atom stereocenters. The number of piperazine rings is 1. The molecular formula is C39H61N2O3+. The minimum Gasteiger partial charge on any atom is -0.393 e. The molecule has 244 valence electrons. The molecule has 1 amide bonds. The van der Waals surface area contributed by atoms with Crippen LogP contribution in [0.1, 0.15) is 103 Å². The monoisotopic (exact) mass is 605 g/mol. The molecule has 1 aliphatic heterocycles. The standard InChI is InChI=1S/C39H61N2O3/c1-5-29-7-9-30(10-8-29)27-41(24-25-42)22-20-40(21-23-41)37(44)15-6-28(2)34-13-14-35-33-12-11-31-26-32(43)16-18-38(31,3)36(33)17-19-39(34,35)4/h5,7-10,28,31-36,42-43H,1,6,11-27H2,2-4H3/q+1/t28?,31?,32-,33?,34-,35?,36?,38+,39-/m1/s1. The molecule has 44 heavy (non-hydrogen) atoms. The largest absolute Gasteiger partial charge is 0.393 e. The summed E-state index contributed by atoms with van der Waals surface area (Å²) in [5.74, 6) is 4.96. The van der Waals surface area contributed by atoms with Crippen molar-refractivity contribution < 1.29 is 19.5 Å². The second-order valence-electron chi connectivity index (χ2n) is 16.6. The van der Waals surface area contributed by atoms with E-state index >= 15 is 0 Å². The third-order valence-electron chi connectivity index (χ3n) is 14.6. The molecule has 2 N–H and O–H groups in total. The van der Waals surface area contributed by atoms with Crippen molar-refractivity contribution in [1.29, 1.82) is 0 Å². The van der Waals surface area contributed by atoms with Crippen molar-refractivity contribution >= 4 is 12.0 Å². The molecule has 0 aromatic heterocycles. The van der Waals surface area contributed by atoms with Gasteiger partial charge in [0.2, 0.25) is 5.91 Å². The Kier molecular flexibility index (Phi) is 9.41. The Bertz CT molecular complexity index is 1160. The molecule has 1 heterocycles. The van der Waals surface area contributed by atoms with E-state index in [2.05, 4.69) is 56.5 Å². The normalized spacial score (nSPS) is 38.7. The smallest absolute Gasteiger partial charge is 0.222 e. The molecule has 5 aliphatic rings. The lowest BCUT2D eigenvalue weighted by Crippen LogP contribution is -2.60. The maximum atomic E-state index is 13.5. The van der Waals surface area contributed by atoms with Gasteiger partial charge in [0.1, 0.15) is 13.1 Å². The van der Waals surface area contributed by atoms with E-state index in [-0.39, 0.29) is 12.7 Å². The van der Waals surface area contributed by atoms with Gasteiger partial charge in [-0.05, 0) is 116 Å². The average Bonchev–Trinajstić information content (AvgIpc) is 3.38. The summed E-state index contributed by atoms with van der Waals surface area (Å²) in [5.41, 5.74) is 3.29. The van der Waals surface area contributed by atoms with Gasteiger partial charge in [-0.25, -0.2) is 0 Å². The van der Waals surface area contributed by atoms with Crippen molar-refractivity contribution in [3.05, 3.63) is 42.0 Å². The first-order chi connectivity index (χ1) is 21.1. The summed E-state index contributed by atoms with van der Waals surface area (Å²) in [6, 6.07) is 8.59. The number of quaternary nitrogens is 1. The summed E-state index contributed by atoms with van der Waals surface area (Å²) in [5, 5.41) is 20.3. The van der Waals surface area contributed by atoms with Gasteiger partial charge in [0, 0.05) is 12.0 Å². The molecular weight excluding hydrogens is 544 g/mol. The van der Waals surface area contributed by atoms with Crippen molar-refractivity contribution in [3.8, 4) is 0 Å². The molecule has 0 radical (unpaired) electrons. The molecule has 4 aliphatic carbocycles. The number of fused-ring (bicyclic) bond motifs is 5. The summed E-state index contributed by atoms with van der Waals surface area (Å²) in [4.78, 5) is 15.6. The van der Waals surface area contributed by atoms with E-state index in [0.29, 0.717) is 29.1 Å². The van der Waals surface area contributed by atoms with Crippen LogP contribution < -0.4 is 0 Å². The van der Waals surface area contributed by atoms with Crippen LogP contribution in [0.25, 0.3) is 6.08 Å². The van der Waals surface area contributed by atoms with Crippen molar-refractivity contribution in [2.45, 2.75) is 104 Å². The number of aliphatic hydroxyl groups is 2. The molecule has 1 aromatic rings. The van der Waals surface area contributed by atoms with Gasteiger partial charge >= 0.3 is 0 Å². The van der Waals surface area contributed by atoms with E-state index in [1.54, 1.807) is 0 Å². The van der Waals surface area contributed by atoms with Crippen LogP contribution >= 0.6 is 0 Å². The van der Waals surface area contributed by atoms with Gasteiger partial charge < -0.3 is 19.6 Å². The van der Waals surface area contributed by atoms with E-state index in [1.807, 2.05) is 6.08 Å². The molecule has 1 aromatic carbocycles. The lowest BCUT2D eigenvalue weighted by atomic mass is 9.44. The highest BCUT2D eigenvalue weighted by atomic mass is 16.3. The van der Waals surface area contributed by atoms with Gasteiger partial charge in [0.05, 0.1) is 38.9 Å². The minimum absolute atomic E-state index is 0.0643. The zero-order valence-corrected chi connectivity index (χ0v) is 28.1. The zero-order valence-electron chi connectivity index (χ0n) is 28.1. The topological polar surface area (TPSA) is 60.8 Å². The summed E-state index contributed by atoms with van der Waals surface area (Å²) >= 11 is 0. The quantitative estimate of drug-likeness (QED) is 0.301. The van der Waals surface area contributed by atoms with E-state index < -0.39 is 0 Å². The van der Waals surface area contributed by atoms with E-state index in [4.69, 9.17) is 0 Å². The van der Waals surface area contributed by atoms with E-state index in [9.17, 15) is 15.0 Å². The van der Waals surface area contributed by atoms with Crippen LogP contribution in [0.4, 0.5) is 0 Å². The lowest BCUT2D eigenvalue weighted by Gasteiger charge is -2.61. The molecule has 4 saturated carbocycles. The Labute approximate surface area is 267 Å². The number of amides is 1. The molecule has 1 saturated heterocycles. The van der Waals surface area contributed by atoms with Crippen LogP contribution in [0, 0.1) is 46.3 Å². The van der Waals surface area contributed by atoms with Crippen molar-refractivity contribution in [1.82, 2.24) is 4.90 Å². The van der Waals surface area contributed by atoms with Crippen LogP contribution in [-0.4, -0.2) is 70.9 Å². The van der Waals surface area contributed by atoms with Gasteiger partial charge in [-0.3, -0.25) is 4.79 Å². The molecule has 5 fully saturated rings. The summed E-state index contributed by atoms with van der Waals surface area (Å²) in [7, 11) is 0. The molecule has 5 nitrogen and oxygen atoms in total. The molecule has 5 unspecified atom stereocenters. The number of hydrogen-bond acceptors (Lipinski definition) is 3. The fraction of sp³-hybridized carbons (Fsp3) is 0.769. The Morgan fingerprint density at radius 2 is 1.73 bits per heavy atom. The number of carbonyl (C=O) groups excluding carboxylic acids is 1. The number of hydrogen-bond donors (Lipinski definition) is 2. The van der Waals surface area contributed by atoms with Crippen LogP contribution in [0.15, 0.2) is 30.8 Å². The van der Waals surface area contributed by atoms with Gasteiger partial charge in [0.15, 0.2) is 0 Å². The highest BCUT2D eigenvalue weighted by Crippen LogP contribution is 2.68. The third kappa shape index (κ3) is 5.95. The van der Waals surface area contributed by atoms with E-state index in [1.165, 1.54) is 50.5 Å². The number of carbonyl (C=O) groups is 1. The van der Waals surface area contributed by atoms with E-state index in [0.717, 1.165) is 98.2 Å². The lowest BCUT2D eigenvalue weighted by molar-refractivity contribution is -0.944. The predicted octanol–water partition coefficient (Wildman–Crippen LogP) is 6.92.